The van der Waals surface area contributed by atoms with Gasteiger partial charge in [0.1, 0.15) is 0 Å². The van der Waals surface area contributed by atoms with Crippen molar-refractivity contribution < 1.29 is 13.2 Å². The number of nitrogens with one attached hydrogen (secondary N) is 2. The Morgan fingerprint density at radius 2 is 1.74 bits per heavy atom. The largest absolute Gasteiger partial charge is 0.349 e. The number of likely N-dealkylation sites (tertiary alicyclic amines) is 1. The number of sulfonamides is 1. The van der Waals surface area contributed by atoms with Gasteiger partial charge in [-0.3, -0.25) is 19.4 Å². The van der Waals surface area contributed by atoms with Crippen molar-refractivity contribution in [1.29, 1.82) is 0 Å². The van der Waals surface area contributed by atoms with Gasteiger partial charge in [0.25, 0.3) is 15.9 Å². The van der Waals surface area contributed by atoms with E-state index in [4.69, 9.17) is 0 Å². The van der Waals surface area contributed by atoms with E-state index in [1.807, 2.05) is 44.2 Å². The standard InChI is InChI=1S/C26H30N4O3S/c1-19-6-5-8-25(20(19)2)29-34(32,33)24-11-9-21(10-12-24)26(31)28-22-13-16-30(17-14-22)18-23-7-3-4-15-27-23/h3-12,15,22,29H,13-14,16-18H2,1-2H3,(H,28,31). The fourth-order valence-corrected chi connectivity index (χ4v) is 5.20. The highest BCUT2D eigenvalue weighted by molar-refractivity contribution is 7.92. The average Bonchev–Trinajstić information content (AvgIpc) is 2.84. The van der Waals surface area contributed by atoms with Gasteiger partial charge in [-0.2, -0.15) is 0 Å². The van der Waals surface area contributed by atoms with Crippen LogP contribution in [-0.2, 0) is 16.6 Å². The van der Waals surface area contributed by atoms with Crippen molar-refractivity contribution in [3.05, 3.63) is 89.2 Å². The predicted octanol–water partition coefficient (Wildman–Crippen LogP) is 3.89. The number of carbonyl (C=O) groups excluding carboxylic acids is 1. The van der Waals surface area contributed by atoms with Gasteiger partial charge in [-0.1, -0.05) is 18.2 Å². The summed E-state index contributed by atoms with van der Waals surface area (Å²) in [5.74, 6) is -0.186. The highest BCUT2D eigenvalue weighted by Crippen LogP contribution is 2.22. The first kappa shape index (κ1) is 23.9. The summed E-state index contributed by atoms with van der Waals surface area (Å²) in [5.41, 5.74) is 3.94. The van der Waals surface area contributed by atoms with Gasteiger partial charge in [-0.25, -0.2) is 8.42 Å². The molecule has 0 unspecified atom stereocenters. The Morgan fingerprint density at radius 3 is 2.41 bits per heavy atom. The quantitative estimate of drug-likeness (QED) is 0.538. The monoisotopic (exact) mass is 478 g/mol. The first-order chi connectivity index (χ1) is 16.3. The number of pyridine rings is 1. The first-order valence-corrected chi connectivity index (χ1v) is 12.9. The third-order valence-corrected chi connectivity index (χ3v) is 7.69. The molecule has 0 radical (unpaired) electrons. The second kappa shape index (κ2) is 10.4. The van der Waals surface area contributed by atoms with Crippen LogP contribution in [0.4, 0.5) is 5.69 Å². The maximum absolute atomic E-state index is 12.8. The summed E-state index contributed by atoms with van der Waals surface area (Å²) >= 11 is 0. The van der Waals surface area contributed by atoms with Crippen molar-refractivity contribution in [2.24, 2.45) is 0 Å². The van der Waals surface area contributed by atoms with Gasteiger partial charge in [0.05, 0.1) is 16.3 Å². The highest BCUT2D eigenvalue weighted by atomic mass is 32.2. The molecule has 0 spiro atoms. The molecule has 0 aliphatic carbocycles. The smallest absolute Gasteiger partial charge is 0.261 e. The van der Waals surface area contributed by atoms with E-state index in [1.165, 1.54) is 12.1 Å². The van der Waals surface area contributed by atoms with Crippen molar-refractivity contribution in [3.63, 3.8) is 0 Å². The summed E-state index contributed by atoms with van der Waals surface area (Å²) in [6, 6.07) is 17.6. The summed E-state index contributed by atoms with van der Waals surface area (Å²) in [4.78, 5) is 19.6. The first-order valence-electron chi connectivity index (χ1n) is 11.4. The molecule has 4 rings (SSSR count). The van der Waals surface area contributed by atoms with Crippen molar-refractivity contribution in [2.45, 2.75) is 44.2 Å². The number of benzene rings is 2. The Morgan fingerprint density at radius 1 is 1.00 bits per heavy atom. The van der Waals surface area contributed by atoms with E-state index in [0.29, 0.717) is 11.3 Å². The minimum Gasteiger partial charge on any atom is -0.349 e. The predicted molar refractivity (Wildman–Crippen MR) is 133 cm³/mol. The number of aryl methyl sites for hydroxylation is 1. The molecular weight excluding hydrogens is 448 g/mol. The number of anilines is 1. The molecule has 1 aromatic heterocycles. The Labute approximate surface area is 201 Å². The van der Waals surface area contributed by atoms with Crippen molar-refractivity contribution in [2.75, 3.05) is 17.8 Å². The van der Waals surface area contributed by atoms with E-state index in [1.54, 1.807) is 24.4 Å². The molecule has 2 N–H and O–H groups in total. The Kier molecular flexibility index (Phi) is 7.29. The molecule has 1 aliphatic heterocycles. The van der Waals surface area contributed by atoms with Gasteiger partial charge in [0.15, 0.2) is 0 Å². The van der Waals surface area contributed by atoms with Gasteiger partial charge in [0, 0.05) is 37.4 Å². The van der Waals surface area contributed by atoms with Crippen LogP contribution in [0, 0.1) is 13.8 Å². The maximum Gasteiger partial charge on any atom is 0.261 e. The fraction of sp³-hybridized carbons (Fsp3) is 0.308. The van der Waals surface area contributed by atoms with Crippen molar-refractivity contribution >= 4 is 21.6 Å². The number of aromatic nitrogens is 1. The summed E-state index contributed by atoms with van der Waals surface area (Å²) in [6.07, 6.45) is 3.54. The van der Waals surface area contributed by atoms with Gasteiger partial charge in [0.2, 0.25) is 0 Å². The zero-order valence-electron chi connectivity index (χ0n) is 19.5. The maximum atomic E-state index is 12.8. The molecule has 178 valence electrons. The van der Waals surface area contributed by atoms with Gasteiger partial charge >= 0.3 is 0 Å². The van der Waals surface area contributed by atoms with Crippen LogP contribution in [0.3, 0.4) is 0 Å². The number of piperidine rings is 1. The number of carbonyl (C=O) groups is 1. The molecular formula is C26H30N4O3S. The summed E-state index contributed by atoms with van der Waals surface area (Å²) < 4.78 is 28.3. The minimum absolute atomic E-state index is 0.0989. The Bertz CT molecular complexity index is 1240. The number of amides is 1. The average molecular weight is 479 g/mol. The molecule has 0 bridgehead atoms. The molecule has 1 amide bonds. The van der Waals surface area contributed by atoms with Crippen LogP contribution >= 0.6 is 0 Å². The molecule has 0 atom stereocenters. The summed E-state index contributed by atoms with van der Waals surface area (Å²) in [5, 5.41) is 3.08. The van der Waals surface area contributed by atoms with Crippen molar-refractivity contribution in [1.82, 2.24) is 15.2 Å². The van der Waals surface area contributed by atoms with E-state index in [0.717, 1.165) is 49.3 Å². The molecule has 0 saturated carbocycles. The Hall–Kier alpha value is -3.23. The highest BCUT2D eigenvalue weighted by Gasteiger charge is 2.22. The van der Waals surface area contributed by atoms with E-state index in [2.05, 4.69) is 19.9 Å². The molecule has 2 heterocycles. The van der Waals surface area contributed by atoms with Crippen LogP contribution in [0.5, 0.6) is 0 Å². The van der Waals surface area contributed by atoms with E-state index < -0.39 is 10.0 Å². The molecule has 8 heteroatoms. The second-order valence-electron chi connectivity index (χ2n) is 8.72. The van der Waals surface area contributed by atoms with E-state index >= 15 is 0 Å². The molecule has 34 heavy (non-hydrogen) atoms. The van der Waals surface area contributed by atoms with Crippen LogP contribution in [0.25, 0.3) is 0 Å². The van der Waals surface area contributed by atoms with Gasteiger partial charge < -0.3 is 5.32 Å². The molecule has 1 aliphatic rings. The van der Waals surface area contributed by atoms with Gasteiger partial charge in [-0.05, 0) is 80.3 Å². The fourth-order valence-electron chi connectivity index (χ4n) is 4.08. The second-order valence-corrected chi connectivity index (χ2v) is 10.4. The summed E-state index contributed by atoms with van der Waals surface area (Å²) in [6.45, 7) is 6.41. The van der Waals surface area contributed by atoms with Crippen LogP contribution in [-0.4, -0.2) is 43.3 Å². The normalized spacial score (nSPS) is 15.1. The van der Waals surface area contributed by atoms with Crippen molar-refractivity contribution in [3.8, 4) is 0 Å². The lowest BCUT2D eigenvalue weighted by Gasteiger charge is -2.32. The zero-order chi connectivity index (χ0) is 24.1. The van der Waals surface area contributed by atoms with Crippen LogP contribution < -0.4 is 10.0 Å². The van der Waals surface area contributed by atoms with E-state index in [-0.39, 0.29) is 16.8 Å². The van der Waals surface area contributed by atoms with E-state index in [9.17, 15) is 13.2 Å². The lowest BCUT2D eigenvalue weighted by molar-refractivity contribution is 0.0908. The topological polar surface area (TPSA) is 91.4 Å². The Balaban J connectivity index is 1.32. The third-order valence-electron chi connectivity index (χ3n) is 6.31. The van der Waals surface area contributed by atoms with Crippen LogP contribution in [0.1, 0.15) is 40.0 Å². The van der Waals surface area contributed by atoms with Crippen LogP contribution in [0.2, 0.25) is 0 Å². The third kappa shape index (κ3) is 5.81. The summed E-state index contributed by atoms with van der Waals surface area (Å²) in [7, 11) is -3.75. The molecule has 7 nitrogen and oxygen atoms in total. The molecule has 1 fully saturated rings. The number of hydrogen-bond donors (Lipinski definition) is 2. The minimum atomic E-state index is -3.75. The SMILES string of the molecule is Cc1cccc(NS(=O)(=O)c2ccc(C(=O)NC3CCN(Cc4ccccn4)CC3)cc2)c1C. The van der Waals surface area contributed by atoms with Gasteiger partial charge in [-0.15, -0.1) is 0 Å². The molecule has 3 aromatic rings. The zero-order valence-corrected chi connectivity index (χ0v) is 20.3. The van der Waals surface area contributed by atoms with Crippen LogP contribution in [0.15, 0.2) is 71.8 Å². The number of hydrogen-bond acceptors (Lipinski definition) is 5. The molecule has 2 aromatic carbocycles. The lowest BCUT2D eigenvalue weighted by atomic mass is 10.0. The number of nitrogens with zero attached hydrogens (tertiary/aromatic N) is 2. The molecule has 1 saturated heterocycles. The number of rotatable bonds is 7. The lowest BCUT2D eigenvalue weighted by Crippen LogP contribution is -2.44.